The average Bonchev–Trinajstić information content (AvgIpc) is 2.91. The molecule has 0 heterocycles. The molecule has 7 nitrogen and oxygen atoms in total. The predicted octanol–water partition coefficient (Wildman–Crippen LogP) is 3.09. The zero-order valence-corrected chi connectivity index (χ0v) is 17.7. The van der Waals surface area contributed by atoms with Crippen molar-refractivity contribution in [2.75, 3.05) is 6.61 Å². The number of fused-ring (bicyclic) bond motifs is 5. The molecule has 1 aromatic rings. The highest BCUT2D eigenvalue weighted by Gasteiger charge is 2.57. The monoisotopic (exact) mass is 420 g/mol. The van der Waals surface area contributed by atoms with Gasteiger partial charge in [-0.05, 0) is 73.1 Å². The van der Waals surface area contributed by atoms with Gasteiger partial charge in [-0.25, -0.2) is 0 Å². The van der Waals surface area contributed by atoms with Gasteiger partial charge in [0, 0.05) is 11.8 Å². The number of hydrogen-bond acceptors (Lipinski definition) is 6. The molecule has 0 aliphatic heterocycles. The van der Waals surface area contributed by atoms with Crippen LogP contribution in [0.3, 0.4) is 0 Å². The molecular formula is C21H28N2O5S. The third kappa shape index (κ3) is 3.68. The largest absolute Gasteiger partial charge is 0.396 e. The average molecular weight is 421 g/mol. The number of benzene rings is 1. The van der Waals surface area contributed by atoms with E-state index < -0.39 is 10.3 Å². The molecule has 0 spiro atoms. The molecule has 4 rings (SSSR count). The van der Waals surface area contributed by atoms with Crippen molar-refractivity contribution in [2.24, 2.45) is 27.5 Å². The van der Waals surface area contributed by atoms with Crippen LogP contribution in [0.4, 0.5) is 0 Å². The zero-order chi connectivity index (χ0) is 20.8. The summed E-state index contributed by atoms with van der Waals surface area (Å²) in [5.74, 6) is 1.45. The summed E-state index contributed by atoms with van der Waals surface area (Å²) in [6.45, 7) is 4.64. The summed E-state index contributed by atoms with van der Waals surface area (Å²) in [6.07, 6.45) is 5.12. The standard InChI is InChI=1S/C21H28N2O5S/c1-3-10-27-23-19-12-18-17-6-4-13-11-14(28-29(22,25)26)5-7-15(13)16(17)8-9-21(18,2)20(19)24/h5,7,11,16-18H,3-4,6,8-10,12H2,1-2H3,(H2,22,25,26)/b23-19+/t16-,17-,18+,21+/m1/s1. The van der Waals surface area contributed by atoms with Crippen molar-refractivity contribution < 1.29 is 22.2 Å². The zero-order valence-electron chi connectivity index (χ0n) is 16.9. The highest BCUT2D eigenvalue weighted by Crippen LogP contribution is 2.59. The van der Waals surface area contributed by atoms with Crippen LogP contribution in [-0.2, 0) is 26.4 Å². The van der Waals surface area contributed by atoms with E-state index in [9.17, 15) is 13.2 Å². The molecule has 158 valence electrons. The Hall–Kier alpha value is -1.93. The lowest BCUT2D eigenvalue weighted by Gasteiger charge is -2.47. The van der Waals surface area contributed by atoms with E-state index in [0.717, 1.165) is 37.7 Å². The third-order valence-corrected chi connectivity index (χ3v) is 7.39. The maximum Gasteiger partial charge on any atom is 0.380 e. The number of rotatable bonds is 5. The van der Waals surface area contributed by atoms with Crippen LogP contribution in [0.5, 0.6) is 5.75 Å². The minimum absolute atomic E-state index is 0.153. The maximum absolute atomic E-state index is 13.1. The minimum Gasteiger partial charge on any atom is -0.396 e. The van der Waals surface area contributed by atoms with E-state index in [4.69, 9.17) is 14.2 Å². The van der Waals surface area contributed by atoms with Crippen LogP contribution in [0.1, 0.15) is 63.0 Å². The number of carbonyl (C=O) groups is 1. The lowest BCUT2D eigenvalue weighted by Crippen LogP contribution is -2.42. The number of nitrogens with two attached hydrogens (primary N) is 1. The van der Waals surface area contributed by atoms with Crippen LogP contribution < -0.4 is 9.32 Å². The molecule has 3 aliphatic carbocycles. The molecule has 2 N–H and O–H groups in total. The molecule has 0 amide bonds. The Morgan fingerprint density at radius 2 is 2.10 bits per heavy atom. The molecule has 1 aromatic carbocycles. The van der Waals surface area contributed by atoms with Gasteiger partial charge in [-0.3, -0.25) is 4.79 Å². The topological polar surface area (TPSA) is 108 Å². The van der Waals surface area contributed by atoms with Gasteiger partial charge in [0.05, 0.1) is 0 Å². The number of oxime groups is 1. The van der Waals surface area contributed by atoms with Crippen molar-refractivity contribution in [1.29, 1.82) is 0 Å². The first-order valence-electron chi connectivity index (χ1n) is 10.3. The van der Waals surface area contributed by atoms with Gasteiger partial charge in [0.15, 0.2) is 5.78 Å². The first kappa shape index (κ1) is 20.3. The quantitative estimate of drug-likeness (QED) is 0.582. The van der Waals surface area contributed by atoms with Crippen molar-refractivity contribution in [2.45, 2.75) is 58.3 Å². The van der Waals surface area contributed by atoms with E-state index in [1.165, 1.54) is 5.56 Å². The Bertz CT molecular complexity index is 958. The number of Topliss-reactive ketones (excluding diaryl/α,β-unsaturated/α-hetero) is 1. The highest BCUT2D eigenvalue weighted by molar-refractivity contribution is 7.84. The van der Waals surface area contributed by atoms with Gasteiger partial charge in [0.2, 0.25) is 0 Å². The van der Waals surface area contributed by atoms with Crippen molar-refractivity contribution in [3.8, 4) is 5.75 Å². The number of nitrogens with zero attached hydrogens (tertiary/aromatic N) is 1. The summed E-state index contributed by atoms with van der Waals surface area (Å²) in [7, 11) is -4.03. The van der Waals surface area contributed by atoms with E-state index in [1.54, 1.807) is 12.1 Å². The Balaban J connectivity index is 1.59. The van der Waals surface area contributed by atoms with Crippen molar-refractivity contribution in [1.82, 2.24) is 0 Å². The van der Waals surface area contributed by atoms with Crippen LogP contribution >= 0.6 is 0 Å². The summed E-state index contributed by atoms with van der Waals surface area (Å²) in [5, 5.41) is 9.16. The summed E-state index contributed by atoms with van der Waals surface area (Å²) >= 11 is 0. The first-order chi connectivity index (χ1) is 13.7. The fourth-order valence-corrected chi connectivity index (χ4v) is 6.02. The van der Waals surface area contributed by atoms with Crippen LogP contribution in [-0.4, -0.2) is 26.5 Å². The van der Waals surface area contributed by atoms with Crippen LogP contribution in [0, 0.1) is 17.3 Å². The molecule has 0 saturated heterocycles. The maximum atomic E-state index is 13.1. The van der Waals surface area contributed by atoms with Gasteiger partial charge >= 0.3 is 10.3 Å². The van der Waals surface area contributed by atoms with Crippen LogP contribution in [0.2, 0.25) is 0 Å². The summed E-state index contributed by atoms with van der Waals surface area (Å²) in [6, 6.07) is 5.42. The molecular weight excluding hydrogens is 392 g/mol. The lowest BCUT2D eigenvalue weighted by atomic mass is 9.55. The van der Waals surface area contributed by atoms with E-state index in [-0.39, 0.29) is 22.9 Å². The highest BCUT2D eigenvalue weighted by atomic mass is 32.2. The van der Waals surface area contributed by atoms with Crippen molar-refractivity contribution in [3.63, 3.8) is 0 Å². The van der Waals surface area contributed by atoms with Gasteiger partial charge in [-0.15, -0.1) is 0 Å². The van der Waals surface area contributed by atoms with E-state index in [0.29, 0.717) is 30.6 Å². The smallest absolute Gasteiger partial charge is 0.380 e. The normalized spacial score (nSPS) is 32.4. The molecule has 0 unspecified atom stereocenters. The van der Waals surface area contributed by atoms with E-state index in [2.05, 4.69) is 12.1 Å². The molecule has 0 bridgehead atoms. The number of ketones is 1. The Morgan fingerprint density at radius 1 is 1.31 bits per heavy atom. The first-order valence-corrected chi connectivity index (χ1v) is 11.8. The van der Waals surface area contributed by atoms with Gasteiger partial charge < -0.3 is 9.02 Å². The molecule has 2 saturated carbocycles. The van der Waals surface area contributed by atoms with Crippen LogP contribution in [0.15, 0.2) is 23.4 Å². The van der Waals surface area contributed by atoms with E-state index in [1.807, 2.05) is 13.0 Å². The number of carbonyl (C=O) groups excluding carboxylic acids is 1. The number of aryl methyl sites for hydroxylation is 1. The second-order valence-corrected chi connectivity index (χ2v) is 9.87. The lowest BCUT2D eigenvalue weighted by molar-refractivity contribution is -0.125. The Labute approximate surface area is 171 Å². The SMILES string of the molecule is CCCO/N=C1\C[C@H]2[C@@H]3CCc4cc(OS(N)(=O)=O)ccc4[C@H]3CC[C@]2(C)C1=O. The van der Waals surface area contributed by atoms with Crippen molar-refractivity contribution in [3.05, 3.63) is 29.3 Å². The molecule has 2 fully saturated rings. The van der Waals surface area contributed by atoms with Crippen molar-refractivity contribution >= 4 is 21.8 Å². The Morgan fingerprint density at radius 3 is 2.83 bits per heavy atom. The molecule has 0 aromatic heterocycles. The van der Waals surface area contributed by atoms with Gasteiger partial charge in [0.25, 0.3) is 0 Å². The molecule has 0 radical (unpaired) electrons. The van der Waals surface area contributed by atoms with E-state index >= 15 is 0 Å². The third-order valence-electron chi connectivity index (χ3n) is 6.96. The molecule has 3 aliphatic rings. The van der Waals surface area contributed by atoms with Crippen LogP contribution in [0.25, 0.3) is 0 Å². The molecule has 4 atom stereocenters. The molecule has 29 heavy (non-hydrogen) atoms. The fourth-order valence-electron chi connectivity index (χ4n) is 5.65. The predicted molar refractivity (Wildman–Crippen MR) is 109 cm³/mol. The summed E-state index contributed by atoms with van der Waals surface area (Å²) < 4.78 is 27.3. The summed E-state index contributed by atoms with van der Waals surface area (Å²) in [5.41, 5.74) is 2.59. The van der Waals surface area contributed by atoms with Gasteiger partial charge in [-0.2, -0.15) is 13.6 Å². The minimum atomic E-state index is -4.03. The molecule has 8 heteroatoms. The second kappa shape index (κ2) is 7.40. The second-order valence-electron chi connectivity index (χ2n) is 8.71. The Kier molecular flexibility index (Phi) is 5.19. The number of hydrogen-bond donors (Lipinski definition) is 1. The fraction of sp³-hybridized carbons (Fsp3) is 0.619. The summed E-state index contributed by atoms with van der Waals surface area (Å²) in [4.78, 5) is 18.4. The van der Waals surface area contributed by atoms with Gasteiger partial charge in [-0.1, -0.05) is 25.1 Å². The van der Waals surface area contributed by atoms with Gasteiger partial charge in [0.1, 0.15) is 18.1 Å².